The van der Waals surface area contributed by atoms with Gasteiger partial charge in [0.2, 0.25) is 0 Å². The van der Waals surface area contributed by atoms with E-state index >= 15 is 0 Å². The molecule has 0 spiro atoms. The van der Waals surface area contributed by atoms with Gasteiger partial charge in [-0.1, -0.05) is 35.4 Å². The van der Waals surface area contributed by atoms with E-state index < -0.39 is 5.97 Å². The van der Waals surface area contributed by atoms with Crippen LogP contribution in [0.4, 0.5) is 0 Å². The molecule has 0 amide bonds. The molecule has 5 heteroatoms. The normalized spacial score (nSPS) is 27.2. The van der Waals surface area contributed by atoms with Crippen LogP contribution in [0, 0.1) is 0 Å². The summed E-state index contributed by atoms with van der Waals surface area (Å²) in [6.45, 7) is 4.00. The van der Waals surface area contributed by atoms with Crippen molar-refractivity contribution in [2.45, 2.75) is 30.8 Å². The van der Waals surface area contributed by atoms with Crippen LogP contribution in [0.25, 0.3) is 0 Å². The SMILES string of the molecule is CC.O=CC1CC(C(=O)O)SS1. The van der Waals surface area contributed by atoms with Gasteiger partial charge in [0.15, 0.2) is 0 Å². The first-order valence-electron chi connectivity index (χ1n) is 3.74. The van der Waals surface area contributed by atoms with Crippen LogP contribution in [-0.4, -0.2) is 27.9 Å². The van der Waals surface area contributed by atoms with Crippen LogP contribution in [0.5, 0.6) is 0 Å². The molecule has 12 heavy (non-hydrogen) atoms. The predicted molar refractivity (Wildman–Crippen MR) is 52.4 cm³/mol. The molecule has 1 rings (SSSR count). The van der Waals surface area contributed by atoms with Gasteiger partial charge in [-0.2, -0.15) is 0 Å². The lowest BCUT2D eigenvalue weighted by atomic mass is 10.2. The quantitative estimate of drug-likeness (QED) is 0.554. The molecule has 0 aromatic heterocycles. The Hall–Kier alpha value is -0.160. The summed E-state index contributed by atoms with van der Waals surface area (Å²) < 4.78 is 0. The van der Waals surface area contributed by atoms with E-state index in [2.05, 4.69) is 0 Å². The minimum Gasteiger partial charge on any atom is -0.480 e. The molecular formula is C7H12O3S2. The lowest BCUT2D eigenvalue weighted by Gasteiger charge is -1.96. The summed E-state index contributed by atoms with van der Waals surface area (Å²) in [7, 11) is 2.62. The highest BCUT2D eigenvalue weighted by molar-refractivity contribution is 8.78. The second-order valence-corrected chi connectivity index (χ2v) is 4.64. The zero-order valence-electron chi connectivity index (χ0n) is 7.02. The molecule has 0 radical (unpaired) electrons. The second-order valence-electron chi connectivity index (χ2n) is 1.93. The van der Waals surface area contributed by atoms with E-state index in [1.54, 1.807) is 0 Å². The van der Waals surface area contributed by atoms with Crippen LogP contribution in [0.2, 0.25) is 0 Å². The molecule has 2 atom stereocenters. The van der Waals surface area contributed by atoms with E-state index in [1.807, 2.05) is 13.8 Å². The number of aldehydes is 1. The van der Waals surface area contributed by atoms with Gasteiger partial charge in [-0.15, -0.1) is 0 Å². The molecule has 0 aliphatic carbocycles. The van der Waals surface area contributed by atoms with Crippen LogP contribution < -0.4 is 0 Å². The number of carbonyl (C=O) groups is 2. The number of rotatable bonds is 2. The Balaban J connectivity index is 0.000000561. The molecule has 1 aliphatic heterocycles. The number of hydrogen-bond acceptors (Lipinski definition) is 4. The van der Waals surface area contributed by atoms with Gasteiger partial charge in [-0.25, -0.2) is 0 Å². The topological polar surface area (TPSA) is 54.4 Å². The van der Waals surface area contributed by atoms with Gasteiger partial charge >= 0.3 is 5.97 Å². The Kier molecular flexibility index (Phi) is 6.28. The van der Waals surface area contributed by atoms with Crippen molar-refractivity contribution in [2.24, 2.45) is 0 Å². The second kappa shape index (κ2) is 6.37. The van der Waals surface area contributed by atoms with E-state index in [4.69, 9.17) is 5.11 Å². The van der Waals surface area contributed by atoms with Gasteiger partial charge in [0.05, 0.1) is 5.25 Å². The largest absolute Gasteiger partial charge is 0.480 e. The van der Waals surface area contributed by atoms with Gasteiger partial charge in [0.1, 0.15) is 11.5 Å². The molecule has 1 fully saturated rings. The minimum absolute atomic E-state index is 0.119. The van der Waals surface area contributed by atoms with Crippen LogP contribution in [0.1, 0.15) is 20.3 Å². The minimum atomic E-state index is -0.818. The lowest BCUT2D eigenvalue weighted by Crippen LogP contribution is -2.15. The summed E-state index contributed by atoms with van der Waals surface area (Å²) in [5, 5.41) is 7.97. The molecular weight excluding hydrogens is 196 g/mol. The van der Waals surface area contributed by atoms with Gasteiger partial charge in [0, 0.05) is 0 Å². The van der Waals surface area contributed by atoms with Crippen molar-refractivity contribution in [3.63, 3.8) is 0 Å². The maximum atomic E-state index is 10.3. The number of carboxylic acids is 1. The molecule has 0 saturated carbocycles. The van der Waals surface area contributed by atoms with Crippen LogP contribution in [0.3, 0.4) is 0 Å². The fraction of sp³-hybridized carbons (Fsp3) is 0.714. The maximum Gasteiger partial charge on any atom is 0.317 e. The Bertz CT molecular complexity index is 161. The first kappa shape index (κ1) is 11.8. The fourth-order valence-corrected chi connectivity index (χ4v) is 3.42. The Morgan fingerprint density at radius 1 is 1.50 bits per heavy atom. The van der Waals surface area contributed by atoms with Crippen molar-refractivity contribution in [1.82, 2.24) is 0 Å². The van der Waals surface area contributed by atoms with E-state index in [0.717, 1.165) is 6.29 Å². The molecule has 3 nitrogen and oxygen atoms in total. The predicted octanol–water partition coefficient (Wildman–Crippen LogP) is 1.82. The molecule has 1 heterocycles. The van der Waals surface area contributed by atoms with Crippen molar-refractivity contribution >= 4 is 33.8 Å². The zero-order chi connectivity index (χ0) is 9.56. The third-order valence-electron chi connectivity index (χ3n) is 1.17. The highest BCUT2D eigenvalue weighted by Crippen LogP contribution is 2.42. The van der Waals surface area contributed by atoms with E-state index in [0.29, 0.717) is 6.42 Å². The average Bonchev–Trinajstić information content (AvgIpc) is 2.55. The summed E-state index contributed by atoms with van der Waals surface area (Å²) >= 11 is 0. The number of aliphatic carboxylic acids is 1. The summed E-state index contributed by atoms with van der Waals surface area (Å²) in [6.07, 6.45) is 1.27. The number of carboxylic acid groups (broad SMARTS) is 1. The molecule has 0 bridgehead atoms. The average molecular weight is 208 g/mol. The third-order valence-corrected chi connectivity index (χ3v) is 4.23. The van der Waals surface area contributed by atoms with Crippen molar-refractivity contribution in [1.29, 1.82) is 0 Å². The molecule has 1 aliphatic rings. The van der Waals surface area contributed by atoms with E-state index in [9.17, 15) is 9.59 Å². The van der Waals surface area contributed by atoms with Gasteiger partial charge < -0.3 is 9.90 Å². The summed E-state index contributed by atoms with van der Waals surface area (Å²) in [5.74, 6) is -0.818. The summed E-state index contributed by atoms with van der Waals surface area (Å²) in [4.78, 5) is 20.5. The number of carbonyl (C=O) groups excluding carboxylic acids is 1. The Morgan fingerprint density at radius 3 is 2.33 bits per heavy atom. The Labute approximate surface area is 79.7 Å². The lowest BCUT2D eigenvalue weighted by molar-refractivity contribution is -0.136. The fourth-order valence-electron chi connectivity index (χ4n) is 0.648. The monoisotopic (exact) mass is 208 g/mol. The first-order valence-corrected chi connectivity index (χ1v) is 6.02. The highest BCUT2D eigenvalue weighted by atomic mass is 33.1. The molecule has 2 unspecified atom stereocenters. The third kappa shape index (κ3) is 3.49. The molecule has 1 saturated heterocycles. The van der Waals surface area contributed by atoms with Crippen LogP contribution in [0.15, 0.2) is 0 Å². The van der Waals surface area contributed by atoms with Crippen molar-refractivity contribution in [3.8, 4) is 0 Å². The summed E-state index contributed by atoms with van der Waals surface area (Å²) in [5.41, 5.74) is 0. The standard InChI is InChI=1S/C5H6O3S2.C2H6/c6-2-3-1-4(5(7)8)10-9-3;1-2/h2-4H,1H2,(H,7,8);1-2H3. The number of hydrogen-bond donors (Lipinski definition) is 1. The first-order chi connectivity index (χ1) is 5.74. The van der Waals surface area contributed by atoms with Crippen LogP contribution >= 0.6 is 21.6 Å². The summed E-state index contributed by atoms with van der Waals surface area (Å²) in [6, 6.07) is 0. The molecule has 0 aromatic rings. The van der Waals surface area contributed by atoms with E-state index in [1.165, 1.54) is 21.6 Å². The zero-order valence-corrected chi connectivity index (χ0v) is 8.65. The van der Waals surface area contributed by atoms with E-state index in [-0.39, 0.29) is 10.5 Å². The van der Waals surface area contributed by atoms with Crippen molar-refractivity contribution < 1.29 is 14.7 Å². The smallest absolute Gasteiger partial charge is 0.317 e. The van der Waals surface area contributed by atoms with Crippen molar-refractivity contribution in [2.75, 3.05) is 0 Å². The highest BCUT2D eigenvalue weighted by Gasteiger charge is 2.30. The van der Waals surface area contributed by atoms with Crippen molar-refractivity contribution in [3.05, 3.63) is 0 Å². The molecule has 70 valence electrons. The Morgan fingerprint density at radius 2 is 2.08 bits per heavy atom. The molecule has 0 aromatic carbocycles. The maximum absolute atomic E-state index is 10.3. The van der Waals surface area contributed by atoms with Gasteiger partial charge in [0.25, 0.3) is 0 Å². The van der Waals surface area contributed by atoms with Crippen LogP contribution in [-0.2, 0) is 9.59 Å². The molecule has 1 N–H and O–H groups in total. The van der Waals surface area contributed by atoms with Gasteiger partial charge in [-0.05, 0) is 6.42 Å². The van der Waals surface area contributed by atoms with Gasteiger partial charge in [-0.3, -0.25) is 4.79 Å².